The molecule has 2 unspecified atom stereocenters. The van der Waals surface area contributed by atoms with Crippen LogP contribution in [-0.4, -0.2) is 66.9 Å². The Balaban J connectivity index is 1.70. The smallest absolute Gasteiger partial charge is 0.243 e. The summed E-state index contributed by atoms with van der Waals surface area (Å²) in [5, 5.41) is 10.1. The number of aromatic nitrogens is 1. The molecule has 1 aromatic rings. The highest BCUT2D eigenvalue weighted by Gasteiger charge is 2.31. The summed E-state index contributed by atoms with van der Waals surface area (Å²) in [6, 6.07) is -0.868. The third-order valence-electron chi connectivity index (χ3n) is 7.78. The number of allylic oxidation sites excluding steroid dienone is 1. The van der Waals surface area contributed by atoms with Crippen molar-refractivity contribution < 1.29 is 14.4 Å². The first kappa shape index (κ1) is 30.3. The molecule has 8 nitrogen and oxygen atoms in total. The molecule has 4 atom stereocenters. The van der Waals surface area contributed by atoms with Gasteiger partial charge in [0.15, 0.2) is 0 Å². The average molecular weight is 546 g/mol. The number of hydrogen-bond acceptors (Lipinski definition) is 6. The van der Waals surface area contributed by atoms with Gasteiger partial charge in [-0.05, 0) is 57.2 Å². The van der Waals surface area contributed by atoms with Crippen molar-refractivity contribution in [2.75, 3.05) is 27.2 Å². The highest BCUT2D eigenvalue weighted by molar-refractivity contribution is 7.11. The Morgan fingerprint density at radius 3 is 2.45 bits per heavy atom. The maximum absolute atomic E-state index is 13.6. The molecule has 1 heterocycles. The van der Waals surface area contributed by atoms with Crippen LogP contribution in [0.1, 0.15) is 75.4 Å². The molecule has 2 aliphatic carbocycles. The van der Waals surface area contributed by atoms with Gasteiger partial charge < -0.3 is 20.9 Å². The van der Waals surface area contributed by atoms with Gasteiger partial charge in [0.2, 0.25) is 17.7 Å². The molecular formula is C29H47N5O3S. The first-order chi connectivity index (χ1) is 18.1. The standard InChI is InChI=1S/C29H47N5O3S/c1-7-26(35)31-23(15-27-32-22-13-12-21(18(2)3)14-25(22)38-27)29(37)33-24(20-10-8-9-11-20)16-30-28(36)19(4)17-34(5)6/h12-13,18-21,23-24H,7-11,14-17H2,1-6H3,(H,30,36)(H,31,35)(H,33,37)/t19?,21?,23-,24+/m0/s1. The van der Waals surface area contributed by atoms with Gasteiger partial charge in [0.05, 0.1) is 10.7 Å². The summed E-state index contributed by atoms with van der Waals surface area (Å²) in [7, 11) is 3.90. The normalized spacial score (nSPS) is 19.7. The van der Waals surface area contributed by atoms with Crippen LogP contribution < -0.4 is 16.0 Å². The Kier molecular flexibility index (Phi) is 11.3. The first-order valence-electron chi connectivity index (χ1n) is 14.3. The van der Waals surface area contributed by atoms with Gasteiger partial charge in [-0.15, -0.1) is 11.3 Å². The van der Waals surface area contributed by atoms with E-state index < -0.39 is 6.04 Å². The molecule has 0 saturated heterocycles. The summed E-state index contributed by atoms with van der Waals surface area (Å²) >= 11 is 1.65. The van der Waals surface area contributed by atoms with E-state index in [0.717, 1.165) is 42.8 Å². The highest BCUT2D eigenvalue weighted by atomic mass is 32.1. The van der Waals surface area contributed by atoms with E-state index in [1.807, 2.05) is 25.9 Å². The second kappa shape index (κ2) is 14.2. The molecule has 0 aliphatic heterocycles. The minimum Gasteiger partial charge on any atom is -0.354 e. The molecule has 0 spiro atoms. The molecule has 0 bridgehead atoms. The molecule has 9 heteroatoms. The number of carbonyl (C=O) groups excluding carboxylic acids is 3. The van der Waals surface area contributed by atoms with Crippen molar-refractivity contribution in [3.8, 4) is 0 Å². The van der Waals surface area contributed by atoms with Gasteiger partial charge in [-0.3, -0.25) is 14.4 Å². The Morgan fingerprint density at radius 1 is 1.11 bits per heavy atom. The van der Waals surface area contributed by atoms with E-state index in [4.69, 9.17) is 4.98 Å². The lowest BCUT2D eigenvalue weighted by Gasteiger charge is -2.28. The van der Waals surface area contributed by atoms with Crippen LogP contribution in [-0.2, 0) is 27.2 Å². The number of rotatable bonds is 13. The number of nitrogens with one attached hydrogen (secondary N) is 3. The second-order valence-corrected chi connectivity index (χ2v) is 12.8. The zero-order chi connectivity index (χ0) is 27.8. The number of nitrogens with zero attached hydrogens (tertiary/aromatic N) is 2. The van der Waals surface area contributed by atoms with Crippen LogP contribution in [0.3, 0.4) is 0 Å². The lowest BCUT2D eigenvalue weighted by atomic mass is 9.88. The Labute approximate surface area is 232 Å². The van der Waals surface area contributed by atoms with Crippen LogP contribution in [0.25, 0.3) is 6.08 Å². The van der Waals surface area contributed by atoms with Crippen molar-refractivity contribution in [2.45, 2.75) is 84.7 Å². The quantitative estimate of drug-likeness (QED) is 0.353. The summed E-state index contributed by atoms with van der Waals surface area (Å²) in [6.45, 7) is 9.23. The molecule has 1 saturated carbocycles. The lowest BCUT2D eigenvalue weighted by molar-refractivity contribution is -0.129. The fourth-order valence-corrected chi connectivity index (χ4v) is 6.58. The second-order valence-electron chi connectivity index (χ2n) is 11.6. The van der Waals surface area contributed by atoms with Crippen molar-refractivity contribution >= 4 is 35.1 Å². The van der Waals surface area contributed by atoms with E-state index in [0.29, 0.717) is 43.7 Å². The van der Waals surface area contributed by atoms with Gasteiger partial charge in [-0.2, -0.15) is 0 Å². The van der Waals surface area contributed by atoms with Crippen LogP contribution in [0, 0.1) is 23.7 Å². The third-order valence-corrected chi connectivity index (χ3v) is 8.90. The maximum atomic E-state index is 13.6. The van der Waals surface area contributed by atoms with Crippen LogP contribution in [0.5, 0.6) is 0 Å². The number of amides is 3. The molecule has 3 rings (SSSR count). The van der Waals surface area contributed by atoms with Crippen molar-refractivity contribution in [2.24, 2.45) is 23.7 Å². The summed E-state index contributed by atoms with van der Waals surface area (Å²) in [5.74, 6) is 0.868. The number of fused-ring (bicyclic) bond motifs is 1. The fraction of sp³-hybridized carbons (Fsp3) is 0.724. The van der Waals surface area contributed by atoms with Crippen LogP contribution in [0.4, 0.5) is 0 Å². The topological polar surface area (TPSA) is 103 Å². The first-order valence-corrected chi connectivity index (χ1v) is 15.1. The van der Waals surface area contributed by atoms with Gasteiger partial charge >= 0.3 is 0 Å². The van der Waals surface area contributed by atoms with Crippen molar-refractivity contribution in [3.05, 3.63) is 21.7 Å². The largest absolute Gasteiger partial charge is 0.354 e. The van der Waals surface area contributed by atoms with E-state index in [9.17, 15) is 14.4 Å². The van der Waals surface area contributed by atoms with Crippen LogP contribution in [0.2, 0.25) is 0 Å². The van der Waals surface area contributed by atoms with E-state index >= 15 is 0 Å². The number of hydrogen-bond donors (Lipinski definition) is 3. The summed E-state index contributed by atoms with van der Waals surface area (Å²) in [5.41, 5.74) is 0.987. The molecule has 1 fully saturated rings. The predicted octanol–water partition coefficient (Wildman–Crippen LogP) is 3.41. The molecule has 38 heavy (non-hydrogen) atoms. The van der Waals surface area contributed by atoms with E-state index in [1.54, 1.807) is 18.3 Å². The van der Waals surface area contributed by atoms with Gasteiger partial charge in [0.25, 0.3) is 0 Å². The molecule has 0 aromatic carbocycles. The summed E-state index contributed by atoms with van der Waals surface area (Å²) < 4.78 is 0. The monoisotopic (exact) mass is 545 g/mol. The van der Waals surface area contributed by atoms with Gasteiger partial charge in [0.1, 0.15) is 6.04 Å². The van der Waals surface area contributed by atoms with Gasteiger partial charge in [0, 0.05) is 42.8 Å². The molecule has 3 amide bonds. The van der Waals surface area contributed by atoms with E-state index in [2.05, 4.69) is 41.9 Å². The molecular weight excluding hydrogens is 498 g/mol. The van der Waals surface area contributed by atoms with E-state index in [-0.39, 0.29) is 29.7 Å². The van der Waals surface area contributed by atoms with Crippen molar-refractivity contribution in [1.82, 2.24) is 25.8 Å². The fourth-order valence-electron chi connectivity index (χ4n) is 5.41. The molecule has 212 valence electrons. The zero-order valence-corrected chi connectivity index (χ0v) is 24.8. The van der Waals surface area contributed by atoms with Gasteiger partial charge in [-0.1, -0.05) is 46.6 Å². The molecule has 0 radical (unpaired) electrons. The molecule has 2 aliphatic rings. The predicted molar refractivity (Wildman–Crippen MR) is 154 cm³/mol. The van der Waals surface area contributed by atoms with Crippen LogP contribution >= 0.6 is 11.3 Å². The van der Waals surface area contributed by atoms with Crippen molar-refractivity contribution in [3.63, 3.8) is 0 Å². The number of carbonyl (C=O) groups is 3. The Hall–Kier alpha value is -2.26. The molecule has 1 aromatic heterocycles. The lowest BCUT2D eigenvalue weighted by Crippen LogP contribution is -2.55. The Bertz CT molecular complexity index is 983. The minimum atomic E-state index is -0.702. The van der Waals surface area contributed by atoms with Crippen LogP contribution in [0.15, 0.2) is 6.08 Å². The summed E-state index contributed by atoms with van der Waals surface area (Å²) in [6.07, 6.45) is 10.3. The molecule has 3 N–H and O–H groups in total. The zero-order valence-electron chi connectivity index (χ0n) is 24.0. The van der Waals surface area contributed by atoms with Gasteiger partial charge in [-0.25, -0.2) is 4.98 Å². The average Bonchev–Trinajstić information content (AvgIpc) is 3.54. The minimum absolute atomic E-state index is 0.00657. The maximum Gasteiger partial charge on any atom is 0.243 e. The van der Waals surface area contributed by atoms with Crippen molar-refractivity contribution in [1.29, 1.82) is 0 Å². The third kappa shape index (κ3) is 8.63. The summed E-state index contributed by atoms with van der Waals surface area (Å²) in [4.78, 5) is 46.7. The Morgan fingerprint density at radius 2 is 1.82 bits per heavy atom. The highest BCUT2D eigenvalue weighted by Crippen LogP contribution is 2.32. The SMILES string of the molecule is CCC(=O)N[C@@H](Cc1nc2c(s1)CC(C(C)C)C=C2)C(=O)N[C@H](CNC(=O)C(C)CN(C)C)C1CCCC1. The van der Waals surface area contributed by atoms with E-state index in [1.165, 1.54) is 4.88 Å². The number of thiazole rings is 1.